The van der Waals surface area contributed by atoms with Gasteiger partial charge in [0.25, 0.3) is 0 Å². The number of carbonyl (C=O) groups is 2. The molecule has 0 heterocycles. The number of carbonyl (C=O) groups excluding carboxylic acids is 2. The lowest BCUT2D eigenvalue weighted by Gasteiger charge is -2.18. The lowest BCUT2D eigenvalue weighted by atomic mass is 10.0. The van der Waals surface area contributed by atoms with E-state index < -0.39 is 6.10 Å². The minimum atomic E-state index is -0.539. The maximum absolute atomic E-state index is 12.6. The van der Waals surface area contributed by atoms with Gasteiger partial charge in [0.05, 0.1) is 6.61 Å². The van der Waals surface area contributed by atoms with Crippen molar-refractivity contribution in [1.82, 2.24) is 0 Å². The first-order valence-corrected chi connectivity index (χ1v) is 23.5. The molecule has 0 N–H and O–H groups in total. The molecule has 0 aromatic heterocycles. The van der Waals surface area contributed by atoms with Gasteiger partial charge in [0.2, 0.25) is 0 Å². The van der Waals surface area contributed by atoms with Crippen molar-refractivity contribution in [2.45, 2.75) is 245 Å². The average Bonchev–Trinajstić information content (AvgIpc) is 3.17. The fourth-order valence-electron chi connectivity index (χ4n) is 6.70. The van der Waals surface area contributed by atoms with Crippen LogP contribution in [0.4, 0.5) is 0 Å². The highest BCUT2D eigenvalue weighted by Crippen LogP contribution is 2.15. The Hall–Kier alpha value is -1.88. The number of unbranched alkanes of at least 4 members (excludes halogenated alkanes) is 26. The van der Waals surface area contributed by atoms with E-state index in [-0.39, 0.29) is 25.2 Å². The van der Waals surface area contributed by atoms with E-state index in [9.17, 15) is 9.59 Å². The van der Waals surface area contributed by atoms with Gasteiger partial charge in [0, 0.05) is 19.4 Å². The van der Waals surface area contributed by atoms with Crippen molar-refractivity contribution in [2.24, 2.45) is 0 Å². The monoisotopic (exact) mass is 759 g/mol. The van der Waals surface area contributed by atoms with Crippen LogP contribution in [0, 0.1) is 0 Å². The van der Waals surface area contributed by atoms with Crippen LogP contribution in [0.5, 0.6) is 0 Å². The number of rotatable bonds is 43. The van der Waals surface area contributed by atoms with Crippen molar-refractivity contribution in [2.75, 3.05) is 19.8 Å². The Morgan fingerprint density at radius 3 is 1.33 bits per heavy atom. The predicted molar refractivity (Wildman–Crippen MR) is 233 cm³/mol. The Labute approximate surface area is 336 Å². The molecule has 0 saturated heterocycles. The topological polar surface area (TPSA) is 61.8 Å². The highest BCUT2D eigenvalue weighted by Gasteiger charge is 2.17. The molecular formula is C49H90O5. The summed E-state index contributed by atoms with van der Waals surface area (Å²) < 4.78 is 17.3. The van der Waals surface area contributed by atoms with Crippen LogP contribution in [0.25, 0.3) is 0 Å². The van der Waals surface area contributed by atoms with Gasteiger partial charge in [-0.1, -0.05) is 211 Å². The fourth-order valence-corrected chi connectivity index (χ4v) is 6.70. The summed E-state index contributed by atoms with van der Waals surface area (Å²) in [7, 11) is 0. The van der Waals surface area contributed by atoms with E-state index >= 15 is 0 Å². The van der Waals surface area contributed by atoms with Gasteiger partial charge < -0.3 is 14.2 Å². The van der Waals surface area contributed by atoms with Crippen molar-refractivity contribution in [3.05, 3.63) is 36.5 Å². The number of esters is 2. The first-order chi connectivity index (χ1) is 26.6. The Morgan fingerprint density at radius 1 is 0.426 bits per heavy atom. The second-order valence-electron chi connectivity index (χ2n) is 15.6. The van der Waals surface area contributed by atoms with Crippen molar-refractivity contribution >= 4 is 11.9 Å². The summed E-state index contributed by atoms with van der Waals surface area (Å²) in [6, 6.07) is 0. The molecule has 0 amide bonds. The number of allylic oxidation sites excluding steroid dienone is 6. The molecule has 0 rings (SSSR count). The molecule has 316 valence electrons. The first kappa shape index (κ1) is 52.1. The summed E-state index contributed by atoms with van der Waals surface area (Å²) in [5.41, 5.74) is 0. The minimum absolute atomic E-state index is 0.0809. The highest BCUT2D eigenvalue weighted by atomic mass is 16.6. The zero-order valence-corrected chi connectivity index (χ0v) is 36.2. The molecule has 0 aliphatic carbocycles. The van der Waals surface area contributed by atoms with E-state index in [1.165, 1.54) is 141 Å². The quantitative estimate of drug-likeness (QED) is 0.0352. The van der Waals surface area contributed by atoms with Gasteiger partial charge >= 0.3 is 11.9 Å². The molecule has 0 saturated carbocycles. The Bertz CT molecular complexity index is 862. The van der Waals surface area contributed by atoms with Gasteiger partial charge in [0.1, 0.15) is 6.61 Å². The third-order valence-corrected chi connectivity index (χ3v) is 10.2. The van der Waals surface area contributed by atoms with Crippen LogP contribution in [-0.4, -0.2) is 37.9 Å². The molecule has 1 atom stereocenters. The van der Waals surface area contributed by atoms with Crippen LogP contribution in [-0.2, 0) is 23.8 Å². The normalized spacial score (nSPS) is 12.4. The summed E-state index contributed by atoms with van der Waals surface area (Å²) in [4.78, 5) is 25.1. The molecule has 0 bridgehead atoms. The molecular weight excluding hydrogens is 669 g/mol. The highest BCUT2D eigenvalue weighted by molar-refractivity contribution is 5.70. The van der Waals surface area contributed by atoms with Crippen LogP contribution < -0.4 is 0 Å². The molecule has 1 unspecified atom stereocenters. The average molecular weight is 759 g/mol. The fraction of sp³-hybridized carbons (Fsp3) is 0.837. The van der Waals surface area contributed by atoms with Gasteiger partial charge in [-0.3, -0.25) is 9.59 Å². The van der Waals surface area contributed by atoms with E-state index in [4.69, 9.17) is 14.2 Å². The van der Waals surface area contributed by atoms with E-state index in [1.807, 2.05) is 0 Å². The molecule has 0 aliphatic heterocycles. The summed E-state index contributed by atoms with van der Waals surface area (Å²) in [5.74, 6) is -0.406. The maximum atomic E-state index is 12.6. The Kier molecular flexibility index (Phi) is 43.9. The van der Waals surface area contributed by atoms with Gasteiger partial charge in [-0.2, -0.15) is 0 Å². The van der Waals surface area contributed by atoms with E-state index in [1.54, 1.807) is 0 Å². The molecule has 5 heteroatoms. The second kappa shape index (κ2) is 45.5. The third-order valence-electron chi connectivity index (χ3n) is 10.2. The van der Waals surface area contributed by atoms with Crippen molar-refractivity contribution in [3.63, 3.8) is 0 Å². The van der Waals surface area contributed by atoms with Crippen molar-refractivity contribution in [1.29, 1.82) is 0 Å². The Balaban J connectivity index is 4.12. The largest absolute Gasteiger partial charge is 0.462 e. The van der Waals surface area contributed by atoms with Crippen LogP contribution in [0.2, 0.25) is 0 Å². The third kappa shape index (κ3) is 42.9. The lowest BCUT2D eigenvalue weighted by Crippen LogP contribution is -2.30. The summed E-state index contributed by atoms with van der Waals surface area (Å²) >= 11 is 0. The molecule has 0 fully saturated rings. The van der Waals surface area contributed by atoms with E-state index in [0.717, 1.165) is 64.2 Å². The summed E-state index contributed by atoms with van der Waals surface area (Å²) in [6.07, 6.45) is 53.0. The maximum Gasteiger partial charge on any atom is 0.306 e. The number of ether oxygens (including phenoxy) is 3. The Morgan fingerprint density at radius 2 is 0.833 bits per heavy atom. The summed E-state index contributed by atoms with van der Waals surface area (Å²) in [6.45, 7) is 7.66. The van der Waals surface area contributed by atoms with Crippen molar-refractivity contribution < 1.29 is 23.8 Å². The SMILES string of the molecule is CC/C=C\C/C=C\C/C=C\CCCCCCOCC(COC(=O)CCCCCCCCCCCCCCCCCCC)OC(=O)CCCCCCCCC. The molecule has 5 nitrogen and oxygen atoms in total. The molecule has 0 radical (unpaired) electrons. The second-order valence-corrected chi connectivity index (χ2v) is 15.6. The van der Waals surface area contributed by atoms with Crippen LogP contribution >= 0.6 is 0 Å². The van der Waals surface area contributed by atoms with Crippen LogP contribution in [0.1, 0.15) is 239 Å². The van der Waals surface area contributed by atoms with Crippen molar-refractivity contribution in [3.8, 4) is 0 Å². The van der Waals surface area contributed by atoms with Crippen LogP contribution in [0.15, 0.2) is 36.5 Å². The standard InChI is InChI=1S/C49H90O5/c1-4-7-10-13-16-18-20-22-24-25-26-27-29-31-34-36-39-42-48(50)53-46-47(54-49(51)43-40-37-33-15-12-9-6-3)45-52-44-41-38-35-32-30-28-23-21-19-17-14-11-8-5-2/h8,11,17,19,23,28,47H,4-7,9-10,12-16,18,20-22,24-27,29-46H2,1-3H3/b11-8-,19-17-,28-23-. The van der Waals surface area contributed by atoms with Gasteiger partial charge in [-0.05, 0) is 51.4 Å². The minimum Gasteiger partial charge on any atom is -0.462 e. The van der Waals surface area contributed by atoms with E-state index in [0.29, 0.717) is 19.4 Å². The van der Waals surface area contributed by atoms with Gasteiger partial charge in [-0.25, -0.2) is 0 Å². The molecule has 0 aliphatic rings. The molecule has 0 aromatic carbocycles. The first-order valence-electron chi connectivity index (χ1n) is 23.5. The number of hydrogen-bond acceptors (Lipinski definition) is 5. The van der Waals surface area contributed by atoms with Gasteiger partial charge in [0.15, 0.2) is 6.10 Å². The number of hydrogen-bond donors (Lipinski definition) is 0. The van der Waals surface area contributed by atoms with E-state index in [2.05, 4.69) is 57.2 Å². The summed E-state index contributed by atoms with van der Waals surface area (Å²) in [5, 5.41) is 0. The smallest absolute Gasteiger partial charge is 0.306 e. The molecule has 54 heavy (non-hydrogen) atoms. The molecule has 0 aromatic rings. The zero-order chi connectivity index (χ0) is 39.3. The van der Waals surface area contributed by atoms with Crippen LogP contribution in [0.3, 0.4) is 0 Å². The lowest BCUT2D eigenvalue weighted by molar-refractivity contribution is -0.163. The predicted octanol–water partition coefficient (Wildman–Crippen LogP) is 15.4. The zero-order valence-electron chi connectivity index (χ0n) is 36.2. The molecule has 0 spiro atoms. The van der Waals surface area contributed by atoms with Gasteiger partial charge in [-0.15, -0.1) is 0 Å².